The molecule has 4 unspecified atom stereocenters. The van der Waals surface area contributed by atoms with Gasteiger partial charge in [-0.1, -0.05) is 26.8 Å². The van der Waals surface area contributed by atoms with Crippen LogP contribution in [0.3, 0.4) is 0 Å². The van der Waals surface area contributed by atoms with Gasteiger partial charge in [0.05, 0.1) is 43.2 Å². The van der Waals surface area contributed by atoms with Gasteiger partial charge in [0.2, 0.25) is 0 Å². The molecule has 0 aliphatic carbocycles. The van der Waals surface area contributed by atoms with Crippen LogP contribution in [0.1, 0.15) is 74.1 Å². The molecule has 4 rings (SSSR count). The molecule has 0 radical (unpaired) electrons. The molecule has 0 spiro atoms. The van der Waals surface area contributed by atoms with Crippen LogP contribution in [0.5, 0.6) is 0 Å². The predicted octanol–water partition coefficient (Wildman–Crippen LogP) is 1.66. The summed E-state index contributed by atoms with van der Waals surface area (Å²) in [5.41, 5.74) is -1.84. The van der Waals surface area contributed by atoms with Gasteiger partial charge in [0.25, 0.3) is 0 Å². The number of aliphatic hydroxyl groups excluding tert-OH is 3. The van der Waals surface area contributed by atoms with E-state index in [1.165, 1.54) is 27.2 Å². The largest absolute Gasteiger partial charge is 0.459 e. The second-order valence-corrected chi connectivity index (χ2v) is 14.9. The van der Waals surface area contributed by atoms with Crippen LogP contribution in [0.15, 0.2) is 12.2 Å². The fourth-order valence-corrected chi connectivity index (χ4v) is 7.74. The quantitative estimate of drug-likeness (QED) is 0.209. The Morgan fingerprint density at radius 3 is 2.26 bits per heavy atom. The van der Waals surface area contributed by atoms with Crippen LogP contribution in [0.4, 0.5) is 0 Å². The molecule has 0 aromatic rings. The summed E-state index contributed by atoms with van der Waals surface area (Å²) in [5.74, 6) is -1.86. The van der Waals surface area contributed by atoms with E-state index >= 15 is 0 Å². The summed E-state index contributed by atoms with van der Waals surface area (Å²) in [6, 6.07) is 0. The standard InChI is InChI=1S/C36H60O14/c1-17-10-13-27(39)47-21(5)24(16-45-34-32(44-9)31(43-8)28(40)22(6)48-34)30-26(49-30)12-11-25(38)18(2)14-19(3)29(17)50-35-33(41)36(42,23(7)37)15-20(4)46-35/h10,13,17-24,26,28-35,37,40-42H,11-12,14-16H2,1-9H3/b13-10+/t17-,18?,19+,20-,21?,22+,23?,24?,26+,28-,29+,30-,31-,32-,33+,34-,35+,36+/m1/s1. The number of epoxide rings is 1. The van der Waals surface area contributed by atoms with Crippen molar-refractivity contribution in [3.8, 4) is 0 Å². The summed E-state index contributed by atoms with van der Waals surface area (Å²) in [6.45, 7) is 12.4. The number of ketones is 1. The lowest BCUT2D eigenvalue weighted by molar-refractivity contribution is -0.322. The molecule has 4 aliphatic heterocycles. The molecule has 18 atom stereocenters. The van der Waals surface area contributed by atoms with Crippen molar-refractivity contribution in [2.45, 2.75) is 159 Å². The lowest BCUT2D eigenvalue weighted by atomic mass is 9.82. The molecule has 14 heteroatoms. The molecule has 0 aromatic carbocycles. The third kappa shape index (κ3) is 9.51. The van der Waals surface area contributed by atoms with Gasteiger partial charge >= 0.3 is 5.97 Å². The van der Waals surface area contributed by atoms with Gasteiger partial charge in [0, 0.05) is 50.9 Å². The van der Waals surface area contributed by atoms with Crippen LogP contribution in [0, 0.1) is 23.7 Å². The first-order chi connectivity index (χ1) is 23.5. The Morgan fingerprint density at radius 2 is 1.62 bits per heavy atom. The van der Waals surface area contributed by atoms with Crippen LogP contribution in [-0.2, 0) is 47.5 Å². The number of esters is 1. The van der Waals surface area contributed by atoms with E-state index in [1.54, 1.807) is 26.8 Å². The summed E-state index contributed by atoms with van der Waals surface area (Å²) in [6.07, 6.45) is -5.87. The number of methoxy groups -OCH3 is 2. The highest BCUT2D eigenvalue weighted by atomic mass is 16.7. The lowest BCUT2D eigenvalue weighted by Crippen LogP contribution is -2.63. The lowest BCUT2D eigenvalue weighted by Gasteiger charge is -2.47. The number of Topliss-reactive ketones (excluding diaryl/α,β-unsaturated/α-hetero) is 1. The Hall–Kier alpha value is -1.56. The fourth-order valence-electron chi connectivity index (χ4n) is 7.74. The van der Waals surface area contributed by atoms with Crippen LogP contribution < -0.4 is 0 Å². The number of ether oxygens (including phenoxy) is 8. The summed E-state index contributed by atoms with van der Waals surface area (Å²) < 4.78 is 47.4. The van der Waals surface area contributed by atoms with Gasteiger partial charge in [0.15, 0.2) is 12.6 Å². The normalized spacial score (nSPS) is 47.9. The monoisotopic (exact) mass is 716 g/mol. The Balaban J connectivity index is 1.53. The number of carbonyl (C=O) groups is 2. The van der Waals surface area contributed by atoms with Crippen LogP contribution in [0.2, 0.25) is 0 Å². The first-order valence-corrected chi connectivity index (χ1v) is 18.0. The van der Waals surface area contributed by atoms with Crippen molar-refractivity contribution in [3.63, 3.8) is 0 Å². The highest BCUT2D eigenvalue weighted by Gasteiger charge is 2.52. The van der Waals surface area contributed by atoms with E-state index in [1.807, 2.05) is 20.8 Å². The van der Waals surface area contributed by atoms with Gasteiger partial charge in [-0.3, -0.25) is 4.79 Å². The zero-order valence-electron chi connectivity index (χ0n) is 30.9. The maximum Gasteiger partial charge on any atom is 0.330 e. The van der Waals surface area contributed by atoms with Crippen molar-refractivity contribution >= 4 is 11.8 Å². The van der Waals surface area contributed by atoms with Gasteiger partial charge in [-0.15, -0.1) is 0 Å². The second-order valence-electron chi connectivity index (χ2n) is 14.9. The molecule has 0 bridgehead atoms. The Kier molecular flexibility index (Phi) is 14.4. The Morgan fingerprint density at radius 1 is 0.940 bits per heavy atom. The fraction of sp³-hybridized carbons (Fsp3) is 0.889. The van der Waals surface area contributed by atoms with E-state index < -0.39 is 90.9 Å². The molecule has 14 nitrogen and oxygen atoms in total. The highest BCUT2D eigenvalue weighted by molar-refractivity contribution is 5.82. The molecule has 4 N–H and O–H groups in total. The average Bonchev–Trinajstić information content (AvgIpc) is 3.83. The van der Waals surface area contributed by atoms with Gasteiger partial charge in [-0.25, -0.2) is 4.79 Å². The minimum absolute atomic E-state index is 0.0189. The molecule has 3 fully saturated rings. The summed E-state index contributed by atoms with van der Waals surface area (Å²) in [5, 5.41) is 43.0. The smallest absolute Gasteiger partial charge is 0.330 e. The molecular weight excluding hydrogens is 656 g/mol. The van der Waals surface area contributed by atoms with Crippen molar-refractivity contribution in [1.82, 2.24) is 0 Å². The van der Waals surface area contributed by atoms with E-state index in [0.29, 0.717) is 19.3 Å². The first kappa shape index (κ1) is 41.2. The molecule has 0 amide bonds. The molecule has 4 heterocycles. The first-order valence-electron chi connectivity index (χ1n) is 18.0. The average molecular weight is 717 g/mol. The number of hydrogen-bond acceptors (Lipinski definition) is 14. The molecular formula is C36H60O14. The van der Waals surface area contributed by atoms with Crippen LogP contribution >= 0.6 is 0 Å². The molecule has 3 saturated heterocycles. The number of aliphatic hydroxyl groups is 4. The molecule has 4 aliphatic rings. The van der Waals surface area contributed by atoms with Gasteiger partial charge < -0.3 is 58.3 Å². The molecule has 288 valence electrons. The van der Waals surface area contributed by atoms with Gasteiger partial charge in [-0.2, -0.15) is 0 Å². The van der Waals surface area contributed by atoms with Gasteiger partial charge in [-0.05, 0) is 46.5 Å². The van der Waals surface area contributed by atoms with E-state index in [2.05, 4.69) is 0 Å². The minimum Gasteiger partial charge on any atom is -0.459 e. The number of rotatable bonds is 8. The number of cyclic esters (lactones) is 1. The van der Waals surface area contributed by atoms with E-state index in [-0.39, 0.29) is 42.9 Å². The molecule has 0 aromatic heterocycles. The molecule has 0 saturated carbocycles. The SMILES string of the molecule is CO[C@@H]1[C@H](O)[C@H](C)O[C@@H](OCC2C(C)OC(=O)/C=C/[C@@H](C)[C@H](O[C@@H]3O[C@H](C)C[C@](O)(C(C)O)[C@H]3O)[C@@H](C)CC(C)C(=O)CC[C@@H]3O[C@H]23)[C@@H]1OC. The van der Waals surface area contributed by atoms with E-state index in [9.17, 15) is 30.0 Å². The van der Waals surface area contributed by atoms with E-state index in [0.717, 1.165) is 0 Å². The third-order valence-corrected chi connectivity index (χ3v) is 11.0. The maximum atomic E-state index is 13.4. The maximum absolute atomic E-state index is 13.4. The van der Waals surface area contributed by atoms with E-state index in [4.69, 9.17) is 37.9 Å². The minimum atomic E-state index is -1.84. The topological polar surface area (TPSA) is 192 Å². The number of hydrogen-bond donors (Lipinski definition) is 4. The van der Waals surface area contributed by atoms with Gasteiger partial charge in [0.1, 0.15) is 41.9 Å². The summed E-state index contributed by atoms with van der Waals surface area (Å²) in [7, 11) is 2.97. The highest BCUT2D eigenvalue weighted by Crippen LogP contribution is 2.39. The predicted molar refractivity (Wildman–Crippen MR) is 178 cm³/mol. The second kappa shape index (κ2) is 17.5. The van der Waals surface area contributed by atoms with Crippen molar-refractivity contribution in [3.05, 3.63) is 12.2 Å². The number of carbonyl (C=O) groups excluding carboxylic acids is 2. The van der Waals surface area contributed by atoms with Crippen molar-refractivity contribution in [1.29, 1.82) is 0 Å². The van der Waals surface area contributed by atoms with Crippen molar-refractivity contribution < 1.29 is 67.9 Å². The van der Waals surface area contributed by atoms with Crippen LogP contribution in [0.25, 0.3) is 0 Å². The zero-order valence-corrected chi connectivity index (χ0v) is 30.9. The number of fused-ring (bicyclic) bond motifs is 1. The van der Waals surface area contributed by atoms with Crippen molar-refractivity contribution in [2.24, 2.45) is 23.7 Å². The summed E-state index contributed by atoms with van der Waals surface area (Å²) in [4.78, 5) is 26.6. The molecule has 50 heavy (non-hydrogen) atoms. The third-order valence-electron chi connectivity index (χ3n) is 11.0. The Labute approximate surface area is 295 Å². The summed E-state index contributed by atoms with van der Waals surface area (Å²) >= 11 is 0. The van der Waals surface area contributed by atoms with Crippen LogP contribution in [-0.4, -0.2) is 138 Å². The van der Waals surface area contributed by atoms with Crippen molar-refractivity contribution in [2.75, 3.05) is 20.8 Å². The Bertz CT molecular complexity index is 1150. The zero-order chi connectivity index (χ0) is 37.1.